The lowest BCUT2D eigenvalue weighted by atomic mass is 9.98. The molecule has 0 saturated carbocycles. The van der Waals surface area contributed by atoms with Crippen LogP contribution in [0.25, 0.3) is 5.78 Å². The molecule has 4 rings (SSSR count). The highest BCUT2D eigenvalue weighted by Gasteiger charge is 2.30. The summed E-state index contributed by atoms with van der Waals surface area (Å²) in [5.41, 5.74) is 1.38. The highest BCUT2D eigenvalue weighted by Crippen LogP contribution is 2.31. The summed E-state index contributed by atoms with van der Waals surface area (Å²) in [6.07, 6.45) is 12.0. The van der Waals surface area contributed by atoms with Crippen LogP contribution >= 0.6 is 0 Å². The molecule has 4 heterocycles. The van der Waals surface area contributed by atoms with Crippen molar-refractivity contribution >= 4 is 11.7 Å². The molecule has 0 spiro atoms. The van der Waals surface area contributed by atoms with Crippen molar-refractivity contribution in [2.75, 3.05) is 6.54 Å². The van der Waals surface area contributed by atoms with Gasteiger partial charge < -0.3 is 9.47 Å². The molecular weight excluding hydrogens is 292 g/mol. The van der Waals surface area contributed by atoms with E-state index in [1.165, 1.54) is 0 Å². The highest BCUT2D eigenvalue weighted by atomic mass is 16.2. The van der Waals surface area contributed by atoms with E-state index in [2.05, 4.69) is 15.0 Å². The van der Waals surface area contributed by atoms with Crippen LogP contribution in [0.1, 0.15) is 41.5 Å². The fourth-order valence-electron chi connectivity index (χ4n) is 3.16. The zero-order valence-electron chi connectivity index (χ0n) is 13.0. The second-order valence-corrected chi connectivity index (χ2v) is 5.92. The molecule has 7 nitrogen and oxygen atoms in total. The summed E-state index contributed by atoms with van der Waals surface area (Å²) in [6.45, 7) is 0.737. The molecule has 1 aliphatic rings. The predicted octanol–water partition coefficient (Wildman–Crippen LogP) is 1.83. The van der Waals surface area contributed by atoms with Gasteiger partial charge in [-0.25, -0.2) is 15.0 Å². The van der Waals surface area contributed by atoms with Gasteiger partial charge in [0.25, 0.3) is 5.91 Å². The first-order chi connectivity index (χ1) is 11.2. The summed E-state index contributed by atoms with van der Waals surface area (Å²) < 4.78 is 3.66. The van der Waals surface area contributed by atoms with Gasteiger partial charge in [0, 0.05) is 38.4 Å². The molecule has 3 aromatic rings. The summed E-state index contributed by atoms with van der Waals surface area (Å²) >= 11 is 0. The number of hydrogen-bond donors (Lipinski definition) is 0. The van der Waals surface area contributed by atoms with Crippen LogP contribution in [0.4, 0.5) is 0 Å². The van der Waals surface area contributed by atoms with E-state index in [4.69, 9.17) is 0 Å². The summed E-state index contributed by atoms with van der Waals surface area (Å²) in [5.74, 6) is 0.638. The Hall–Kier alpha value is -2.70. The number of fused-ring (bicyclic) bond motifs is 1. The first kappa shape index (κ1) is 13.9. The normalized spacial score (nSPS) is 18.5. The molecule has 0 aliphatic carbocycles. The fraction of sp³-hybridized carbons (Fsp3) is 0.375. The molecular formula is C16H18N6O. The molecule has 3 aromatic heterocycles. The van der Waals surface area contributed by atoms with E-state index in [-0.39, 0.29) is 11.9 Å². The Kier molecular flexibility index (Phi) is 3.33. The lowest BCUT2D eigenvalue weighted by Gasteiger charge is -2.34. The van der Waals surface area contributed by atoms with Crippen LogP contribution in [0.2, 0.25) is 0 Å². The van der Waals surface area contributed by atoms with Crippen molar-refractivity contribution in [3.05, 3.63) is 48.6 Å². The maximum Gasteiger partial charge on any atom is 0.274 e. The number of rotatable bonds is 2. The molecule has 0 bridgehead atoms. The summed E-state index contributed by atoms with van der Waals surface area (Å²) in [4.78, 5) is 27.8. The summed E-state index contributed by atoms with van der Waals surface area (Å²) in [6, 6.07) is 1.96. The van der Waals surface area contributed by atoms with E-state index in [1.807, 2.05) is 34.8 Å². The van der Waals surface area contributed by atoms with Gasteiger partial charge in [0.05, 0.1) is 18.1 Å². The molecule has 1 fully saturated rings. The molecule has 1 saturated heterocycles. The largest absolute Gasteiger partial charge is 0.340 e. The Balaban J connectivity index is 1.68. The average Bonchev–Trinajstić information content (AvgIpc) is 3.22. The standard InChI is InChI=1S/C16H18N6O/c1-20-10-13(18-11-20)15(23)22-7-3-2-4-14(22)12-5-8-21-9-6-17-16(21)19-12/h5-6,8-11,14H,2-4,7H2,1H3. The summed E-state index contributed by atoms with van der Waals surface area (Å²) in [7, 11) is 1.87. The van der Waals surface area contributed by atoms with Crippen molar-refractivity contribution in [3.8, 4) is 0 Å². The van der Waals surface area contributed by atoms with Crippen LogP contribution in [-0.4, -0.2) is 41.3 Å². The monoisotopic (exact) mass is 310 g/mol. The zero-order valence-corrected chi connectivity index (χ0v) is 13.0. The molecule has 0 aromatic carbocycles. The molecule has 23 heavy (non-hydrogen) atoms. The number of imidazole rings is 2. The van der Waals surface area contributed by atoms with Gasteiger partial charge >= 0.3 is 0 Å². The number of likely N-dealkylation sites (tertiary alicyclic amines) is 1. The minimum atomic E-state index is -0.0275. The lowest BCUT2D eigenvalue weighted by molar-refractivity contribution is 0.0600. The molecule has 1 atom stereocenters. The average molecular weight is 310 g/mol. The van der Waals surface area contributed by atoms with E-state index < -0.39 is 0 Å². The van der Waals surface area contributed by atoms with Crippen LogP contribution in [0.15, 0.2) is 37.2 Å². The number of piperidine rings is 1. The first-order valence-corrected chi connectivity index (χ1v) is 7.81. The van der Waals surface area contributed by atoms with Crippen molar-refractivity contribution in [2.24, 2.45) is 7.05 Å². The van der Waals surface area contributed by atoms with Gasteiger partial charge in [-0.3, -0.25) is 9.20 Å². The Labute approximate surface area is 133 Å². The van der Waals surface area contributed by atoms with Crippen LogP contribution in [-0.2, 0) is 7.05 Å². The Morgan fingerprint density at radius 1 is 1.26 bits per heavy atom. The number of hydrogen-bond acceptors (Lipinski definition) is 4. The maximum absolute atomic E-state index is 12.8. The number of amides is 1. The van der Waals surface area contributed by atoms with Gasteiger partial charge in [0.2, 0.25) is 5.78 Å². The van der Waals surface area contributed by atoms with E-state index in [0.717, 1.165) is 31.5 Å². The smallest absolute Gasteiger partial charge is 0.274 e. The van der Waals surface area contributed by atoms with Crippen molar-refractivity contribution in [1.82, 2.24) is 28.8 Å². The third kappa shape index (κ3) is 2.48. The quantitative estimate of drug-likeness (QED) is 0.724. The second kappa shape index (κ2) is 5.49. The molecule has 0 radical (unpaired) electrons. The Bertz CT molecular complexity index is 851. The molecule has 1 unspecified atom stereocenters. The number of carbonyl (C=O) groups excluding carboxylic acids is 1. The van der Waals surface area contributed by atoms with E-state index in [1.54, 1.807) is 23.3 Å². The minimum Gasteiger partial charge on any atom is -0.340 e. The second-order valence-electron chi connectivity index (χ2n) is 5.92. The Morgan fingerprint density at radius 2 is 2.17 bits per heavy atom. The van der Waals surface area contributed by atoms with Crippen molar-refractivity contribution in [3.63, 3.8) is 0 Å². The lowest BCUT2D eigenvalue weighted by Crippen LogP contribution is -2.39. The molecule has 118 valence electrons. The van der Waals surface area contributed by atoms with Crippen molar-refractivity contribution < 1.29 is 4.79 Å². The van der Waals surface area contributed by atoms with Gasteiger partial charge in [0.1, 0.15) is 5.69 Å². The van der Waals surface area contributed by atoms with Gasteiger partial charge in [0.15, 0.2) is 0 Å². The van der Waals surface area contributed by atoms with E-state index >= 15 is 0 Å². The maximum atomic E-state index is 12.8. The van der Waals surface area contributed by atoms with Crippen molar-refractivity contribution in [2.45, 2.75) is 25.3 Å². The topological polar surface area (TPSA) is 68.3 Å². The zero-order chi connectivity index (χ0) is 15.8. The minimum absolute atomic E-state index is 0.0139. The predicted molar refractivity (Wildman–Crippen MR) is 83.8 cm³/mol. The van der Waals surface area contributed by atoms with Crippen LogP contribution < -0.4 is 0 Å². The summed E-state index contributed by atoms with van der Waals surface area (Å²) in [5, 5.41) is 0. The molecule has 1 aliphatic heterocycles. The van der Waals surface area contributed by atoms with Crippen molar-refractivity contribution in [1.29, 1.82) is 0 Å². The first-order valence-electron chi connectivity index (χ1n) is 7.81. The van der Waals surface area contributed by atoms with Gasteiger partial charge in [-0.2, -0.15) is 0 Å². The van der Waals surface area contributed by atoms with E-state index in [0.29, 0.717) is 11.5 Å². The Morgan fingerprint density at radius 3 is 3.00 bits per heavy atom. The number of carbonyl (C=O) groups is 1. The number of nitrogens with zero attached hydrogens (tertiary/aromatic N) is 6. The van der Waals surface area contributed by atoms with Gasteiger partial charge in [-0.15, -0.1) is 0 Å². The molecule has 0 N–H and O–H groups in total. The van der Waals surface area contributed by atoms with Gasteiger partial charge in [-0.05, 0) is 25.3 Å². The fourth-order valence-corrected chi connectivity index (χ4v) is 3.16. The van der Waals surface area contributed by atoms with E-state index in [9.17, 15) is 4.79 Å². The number of aryl methyl sites for hydroxylation is 1. The highest BCUT2D eigenvalue weighted by molar-refractivity contribution is 5.92. The van der Waals surface area contributed by atoms with Crippen LogP contribution in [0.3, 0.4) is 0 Å². The van der Waals surface area contributed by atoms with Crippen LogP contribution in [0, 0.1) is 0 Å². The van der Waals surface area contributed by atoms with Gasteiger partial charge in [-0.1, -0.05) is 0 Å². The molecule has 7 heteroatoms. The number of aromatic nitrogens is 5. The molecule has 1 amide bonds. The van der Waals surface area contributed by atoms with Crippen LogP contribution in [0.5, 0.6) is 0 Å². The SMILES string of the molecule is Cn1cnc(C(=O)N2CCCCC2c2ccn3ccnc3n2)c1. The third-order valence-corrected chi connectivity index (χ3v) is 4.31. The third-order valence-electron chi connectivity index (χ3n) is 4.31.